The van der Waals surface area contributed by atoms with Gasteiger partial charge in [-0.25, -0.2) is 0 Å². The van der Waals surface area contributed by atoms with Crippen LogP contribution in [0.15, 0.2) is 22.8 Å². The fraction of sp³-hybridized carbons (Fsp3) is 0.545. The van der Waals surface area contributed by atoms with Gasteiger partial charge in [0, 0.05) is 22.4 Å². The molecule has 0 aliphatic carbocycles. The molecular weight excluding hydrogens is 240 g/mol. The van der Waals surface area contributed by atoms with Crippen molar-refractivity contribution in [3.8, 4) is 0 Å². The lowest BCUT2D eigenvalue weighted by Gasteiger charge is -2.08. The molecule has 0 radical (unpaired) electrons. The van der Waals surface area contributed by atoms with Crippen LogP contribution in [0, 0.1) is 0 Å². The molecule has 0 saturated carbocycles. The molecule has 0 saturated heterocycles. The van der Waals surface area contributed by atoms with E-state index in [0.29, 0.717) is 6.04 Å². The minimum atomic E-state index is 0.602. The first-order valence-electron chi connectivity index (χ1n) is 5.00. The normalized spacial score (nSPS) is 12.8. The van der Waals surface area contributed by atoms with Gasteiger partial charge in [-0.3, -0.25) is 4.98 Å². The molecule has 0 aliphatic rings. The van der Waals surface area contributed by atoms with E-state index >= 15 is 0 Å². The zero-order chi connectivity index (χ0) is 10.4. The Morgan fingerprint density at radius 3 is 2.86 bits per heavy atom. The molecular formula is C11H17BrN2. The van der Waals surface area contributed by atoms with Crippen molar-refractivity contribution in [1.29, 1.82) is 0 Å². The van der Waals surface area contributed by atoms with E-state index in [9.17, 15) is 0 Å². The zero-order valence-corrected chi connectivity index (χ0v) is 10.3. The molecule has 0 aliphatic heterocycles. The Labute approximate surface area is 94.3 Å². The summed E-state index contributed by atoms with van der Waals surface area (Å²) in [6.45, 7) is 2.20. The van der Waals surface area contributed by atoms with Gasteiger partial charge in [0.25, 0.3) is 0 Å². The van der Waals surface area contributed by atoms with Crippen LogP contribution in [0.4, 0.5) is 0 Å². The summed E-state index contributed by atoms with van der Waals surface area (Å²) in [7, 11) is 2.00. The van der Waals surface area contributed by atoms with E-state index in [2.05, 4.69) is 39.2 Å². The van der Waals surface area contributed by atoms with Crippen LogP contribution in [0.3, 0.4) is 0 Å². The summed E-state index contributed by atoms with van der Waals surface area (Å²) in [6.07, 6.45) is 5.32. The molecule has 1 N–H and O–H groups in total. The molecule has 0 bridgehead atoms. The number of nitrogens with one attached hydrogen (secondary N) is 1. The first kappa shape index (κ1) is 11.7. The molecule has 1 rings (SSSR count). The molecule has 2 nitrogen and oxygen atoms in total. The second-order valence-electron chi connectivity index (χ2n) is 3.55. The number of pyridine rings is 1. The highest BCUT2D eigenvalue weighted by molar-refractivity contribution is 9.10. The van der Waals surface area contributed by atoms with Crippen molar-refractivity contribution in [2.24, 2.45) is 0 Å². The molecule has 1 aromatic rings. The molecule has 14 heavy (non-hydrogen) atoms. The van der Waals surface area contributed by atoms with Gasteiger partial charge in [-0.2, -0.15) is 0 Å². The Morgan fingerprint density at radius 1 is 1.50 bits per heavy atom. The second kappa shape index (κ2) is 6.14. The van der Waals surface area contributed by atoms with Crippen molar-refractivity contribution in [1.82, 2.24) is 10.3 Å². The predicted molar refractivity (Wildman–Crippen MR) is 63.4 cm³/mol. The number of rotatable bonds is 5. The number of nitrogens with zero attached hydrogens (tertiary/aromatic N) is 1. The Kier molecular flexibility index (Phi) is 5.12. The Morgan fingerprint density at radius 2 is 2.29 bits per heavy atom. The van der Waals surface area contributed by atoms with Crippen LogP contribution in [0.1, 0.15) is 25.5 Å². The predicted octanol–water partition coefficient (Wildman–Crippen LogP) is 2.77. The molecule has 1 aromatic heterocycles. The lowest BCUT2D eigenvalue weighted by atomic mass is 10.1. The SMILES string of the molecule is CNC(C)CCCc1ccc(Br)cn1. The molecule has 1 atom stereocenters. The maximum Gasteiger partial charge on any atom is 0.0413 e. The van der Waals surface area contributed by atoms with Gasteiger partial charge >= 0.3 is 0 Å². The van der Waals surface area contributed by atoms with E-state index in [4.69, 9.17) is 0 Å². The molecule has 78 valence electrons. The van der Waals surface area contributed by atoms with Gasteiger partial charge in [0.15, 0.2) is 0 Å². The maximum atomic E-state index is 4.33. The van der Waals surface area contributed by atoms with Crippen molar-refractivity contribution in [3.05, 3.63) is 28.5 Å². The smallest absolute Gasteiger partial charge is 0.0413 e. The van der Waals surface area contributed by atoms with Gasteiger partial charge in [0.05, 0.1) is 0 Å². The minimum Gasteiger partial charge on any atom is -0.317 e. The van der Waals surface area contributed by atoms with Gasteiger partial charge < -0.3 is 5.32 Å². The summed E-state index contributed by atoms with van der Waals surface area (Å²) >= 11 is 3.38. The fourth-order valence-corrected chi connectivity index (χ4v) is 1.52. The molecule has 0 spiro atoms. The third-order valence-corrected chi connectivity index (χ3v) is 2.82. The van der Waals surface area contributed by atoms with Crippen molar-refractivity contribution in [2.45, 2.75) is 32.2 Å². The lowest BCUT2D eigenvalue weighted by Crippen LogP contribution is -2.20. The number of halogens is 1. The number of aromatic nitrogens is 1. The summed E-state index contributed by atoms with van der Waals surface area (Å²) in [6, 6.07) is 4.73. The third kappa shape index (κ3) is 4.20. The standard InChI is InChI=1S/C11H17BrN2/c1-9(13-2)4-3-5-11-7-6-10(12)8-14-11/h6-9,13H,3-5H2,1-2H3. The van der Waals surface area contributed by atoms with Crippen molar-refractivity contribution in [2.75, 3.05) is 7.05 Å². The lowest BCUT2D eigenvalue weighted by molar-refractivity contribution is 0.540. The summed E-state index contributed by atoms with van der Waals surface area (Å²) < 4.78 is 1.05. The monoisotopic (exact) mass is 256 g/mol. The average Bonchev–Trinajstić information content (AvgIpc) is 2.21. The van der Waals surface area contributed by atoms with Crippen LogP contribution in [0.2, 0.25) is 0 Å². The second-order valence-corrected chi connectivity index (χ2v) is 4.47. The third-order valence-electron chi connectivity index (χ3n) is 2.35. The van der Waals surface area contributed by atoms with E-state index in [0.717, 1.165) is 10.9 Å². The molecule has 0 fully saturated rings. The maximum absolute atomic E-state index is 4.33. The van der Waals surface area contributed by atoms with Gasteiger partial charge in [-0.05, 0) is 61.3 Å². The van der Waals surface area contributed by atoms with E-state index in [1.165, 1.54) is 18.5 Å². The van der Waals surface area contributed by atoms with Crippen molar-refractivity contribution < 1.29 is 0 Å². The molecule has 3 heteroatoms. The highest BCUT2D eigenvalue weighted by atomic mass is 79.9. The highest BCUT2D eigenvalue weighted by Crippen LogP contribution is 2.09. The Balaban J connectivity index is 2.28. The summed E-state index contributed by atoms with van der Waals surface area (Å²) in [4.78, 5) is 4.33. The molecule has 1 heterocycles. The number of hydrogen-bond acceptors (Lipinski definition) is 2. The Bertz CT molecular complexity index is 258. The van der Waals surface area contributed by atoms with E-state index < -0.39 is 0 Å². The molecule has 0 amide bonds. The van der Waals surface area contributed by atoms with Crippen LogP contribution in [0.25, 0.3) is 0 Å². The van der Waals surface area contributed by atoms with E-state index in [1.807, 2.05) is 19.3 Å². The van der Waals surface area contributed by atoms with E-state index in [1.54, 1.807) is 0 Å². The quantitative estimate of drug-likeness (QED) is 0.877. The van der Waals surface area contributed by atoms with Crippen molar-refractivity contribution >= 4 is 15.9 Å². The summed E-state index contributed by atoms with van der Waals surface area (Å²) in [5.41, 5.74) is 1.18. The van der Waals surface area contributed by atoms with Gasteiger partial charge in [-0.15, -0.1) is 0 Å². The van der Waals surface area contributed by atoms with E-state index in [-0.39, 0.29) is 0 Å². The van der Waals surface area contributed by atoms with Crippen LogP contribution < -0.4 is 5.32 Å². The van der Waals surface area contributed by atoms with Crippen LogP contribution in [-0.4, -0.2) is 18.1 Å². The van der Waals surface area contributed by atoms with Gasteiger partial charge in [-0.1, -0.05) is 0 Å². The fourth-order valence-electron chi connectivity index (χ4n) is 1.29. The highest BCUT2D eigenvalue weighted by Gasteiger charge is 1.99. The van der Waals surface area contributed by atoms with Gasteiger partial charge in [0.2, 0.25) is 0 Å². The Hall–Kier alpha value is -0.410. The van der Waals surface area contributed by atoms with Gasteiger partial charge in [0.1, 0.15) is 0 Å². The summed E-state index contributed by atoms with van der Waals surface area (Å²) in [5, 5.41) is 3.23. The number of aryl methyl sites for hydroxylation is 1. The first-order chi connectivity index (χ1) is 6.72. The van der Waals surface area contributed by atoms with Crippen LogP contribution in [-0.2, 0) is 6.42 Å². The van der Waals surface area contributed by atoms with Crippen molar-refractivity contribution in [3.63, 3.8) is 0 Å². The largest absolute Gasteiger partial charge is 0.317 e. The first-order valence-corrected chi connectivity index (χ1v) is 5.79. The molecule has 1 unspecified atom stereocenters. The van der Waals surface area contributed by atoms with Crippen LogP contribution in [0.5, 0.6) is 0 Å². The summed E-state index contributed by atoms with van der Waals surface area (Å²) in [5.74, 6) is 0. The number of hydrogen-bond donors (Lipinski definition) is 1. The topological polar surface area (TPSA) is 24.9 Å². The minimum absolute atomic E-state index is 0.602. The zero-order valence-electron chi connectivity index (χ0n) is 8.76. The van der Waals surface area contributed by atoms with Crippen LogP contribution >= 0.6 is 15.9 Å². The average molecular weight is 257 g/mol. The molecule has 0 aromatic carbocycles.